The van der Waals surface area contributed by atoms with Gasteiger partial charge >= 0.3 is 0 Å². The summed E-state index contributed by atoms with van der Waals surface area (Å²) in [5.74, 6) is 1.08. The molecule has 0 aliphatic heterocycles. The smallest absolute Gasteiger partial charge is 0.150 e. The Morgan fingerprint density at radius 3 is 2.37 bits per heavy atom. The quantitative estimate of drug-likeness (QED) is 0.822. The maximum Gasteiger partial charge on any atom is 0.150 e. The van der Waals surface area contributed by atoms with Crippen molar-refractivity contribution in [3.8, 4) is 0 Å². The predicted molar refractivity (Wildman–Crippen MR) is 82.8 cm³/mol. The van der Waals surface area contributed by atoms with Gasteiger partial charge in [0.15, 0.2) is 5.82 Å². The van der Waals surface area contributed by atoms with Gasteiger partial charge in [0.05, 0.1) is 11.4 Å². The molecule has 0 atom stereocenters. The molecule has 0 aliphatic rings. The van der Waals surface area contributed by atoms with Gasteiger partial charge in [-0.3, -0.25) is 0 Å². The van der Waals surface area contributed by atoms with Gasteiger partial charge in [0.25, 0.3) is 0 Å². The molecule has 0 amide bonds. The third-order valence-corrected chi connectivity index (χ3v) is 3.31. The van der Waals surface area contributed by atoms with Gasteiger partial charge < -0.3 is 15.5 Å². The van der Waals surface area contributed by atoms with E-state index < -0.39 is 0 Å². The number of nitrogen functional groups attached to an aromatic ring is 1. The fourth-order valence-electron chi connectivity index (χ4n) is 2.21. The molecule has 1 aromatic rings. The van der Waals surface area contributed by atoms with Crippen LogP contribution in [-0.2, 0) is 0 Å². The minimum Gasteiger partial charge on any atom is -0.394 e. The summed E-state index contributed by atoms with van der Waals surface area (Å²) >= 11 is 0. The number of nitrogens with zero attached hydrogens (tertiary/aromatic N) is 4. The van der Waals surface area contributed by atoms with Crippen LogP contribution in [0.3, 0.4) is 0 Å². The Morgan fingerprint density at radius 1 is 1.26 bits per heavy atom. The summed E-state index contributed by atoms with van der Waals surface area (Å²) in [5, 5.41) is 4.56. The number of hydrogen-bond donors (Lipinski definition) is 1. The lowest BCUT2D eigenvalue weighted by atomic mass is 10.3. The second kappa shape index (κ2) is 6.80. The summed E-state index contributed by atoms with van der Waals surface area (Å²) in [4.78, 5) is 4.54. The lowest BCUT2D eigenvalue weighted by Gasteiger charge is -2.26. The van der Waals surface area contributed by atoms with E-state index in [4.69, 9.17) is 5.73 Å². The van der Waals surface area contributed by atoms with Gasteiger partial charge in [0, 0.05) is 19.1 Å². The highest BCUT2D eigenvalue weighted by Crippen LogP contribution is 2.29. The standard InChI is InChI=1S/C14H29N5/c1-7-18(10-8-9-17(5)6)14-13(15)12(4)16-19(14)11(2)3/h11H,7-10,15H2,1-6H3. The average molecular weight is 267 g/mol. The van der Waals surface area contributed by atoms with Gasteiger partial charge in [-0.05, 0) is 54.8 Å². The Hall–Kier alpha value is -1.23. The third-order valence-electron chi connectivity index (χ3n) is 3.31. The Morgan fingerprint density at radius 2 is 1.89 bits per heavy atom. The van der Waals surface area contributed by atoms with E-state index in [9.17, 15) is 0 Å². The summed E-state index contributed by atoms with van der Waals surface area (Å²) < 4.78 is 2.05. The van der Waals surface area contributed by atoms with Gasteiger partial charge in [-0.1, -0.05) is 0 Å². The summed E-state index contributed by atoms with van der Waals surface area (Å²) in [6.07, 6.45) is 1.13. The van der Waals surface area contributed by atoms with Crippen LogP contribution < -0.4 is 10.6 Å². The van der Waals surface area contributed by atoms with Gasteiger partial charge in [-0.25, -0.2) is 4.68 Å². The van der Waals surface area contributed by atoms with Gasteiger partial charge in [-0.15, -0.1) is 0 Å². The number of nitrogens with two attached hydrogens (primary N) is 1. The Balaban J connectivity index is 2.91. The van der Waals surface area contributed by atoms with Gasteiger partial charge in [-0.2, -0.15) is 5.10 Å². The molecule has 1 aromatic heterocycles. The maximum atomic E-state index is 6.21. The largest absolute Gasteiger partial charge is 0.394 e. The van der Waals surface area contributed by atoms with Crippen LogP contribution in [0, 0.1) is 6.92 Å². The molecule has 1 rings (SSSR count). The summed E-state index contributed by atoms with van der Waals surface area (Å²) in [6.45, 7) is 11.5. The predicted octanol–water partition coefficient (Wildman–Crippen LogP) is 2.13. The van der Waals surface area contributed by atoms with Crippen molar-refractivity contribution in [2.75, 3.05) is 44.4 Å². The molecule has 0 unspecified atom stereocenters. The van der Waals surface area contributed by atoms with Crippen LogP contribution in [0.1, 0.15) is 38.9 Å². The molecule has 2 N–H and O–H groups in total. The van der Waals surface area contributed by atoms with Crippen LogP contribution in [0.2, 0.25) is 0 Å². The molecule has 0 saturated heterocycles. The molecule has 0 fully saturated rings. The highest BCUT2D eigenvalue weighted by molar-refractivity contribution is 5.66. The lowest BCUT2D eigenvalue weighted by Crippen LogP contribution is -2.30. The first-order valence-electron chi connectivity index (χ1n) is 7.12. The molecular formula is C14H29N5. The van der Waals surface area contributed by atoms with Crippen molar-refractivity contribution >= 4 is 11.5 Å². The van der Waals surface area contributed by atoms with E-state index in [-0.39, 0.29) is 0 Å². The minimum absolute atomic E-state index is 0.328. The fourth-order valence-corrected chi connectivity index (χ4v) is 2.21. The van der Waals surface area contributed by atoms with Gasteiger partial charge in [0.1, 0.15) is 0 Å². The summed E-state index contributed by atoms with van der Waals surface area (Å²) in [6, 6.07) is 0.328. The molecular weight excluding hydrogens is 238 g/mol. The first-order chi connectivity index (χ1) is 8.88. The fraction of sp³-hybridized carbons (Fsp3) is 0.786. The minimum atomic E-state index is 0.328. The van der Waals surface area contributed by atoms with Crippen molar-refractivity contribution in [1.29, 1.82) is 0 Å². The van der Waals surface area contributed by atoms with Crippen LogP contribution in [0.25, 0.3) is 0 Å². The number of aromatic nitrogens is 2. The summed E-state index contributed by atoms with van der Waals surface area (Å²) in [7, 11) is 4.21. The van der Waals surface area contributed by atoms with E-state index in [0.29, 0.717) is 6.04 Å². The number of aryl methyl sites for hydroxylation is 1. The zero-order valence-corrected chi connectivity index (χ0v) is 13.3. The SMILES string of the molecule is CCN(CCCN(C)C)c1c(N)c(C)nn1C(C)C. The molecule has 5 heteroatoms. The van der Waals surface area contributed by atoms with E-state index in [1.807, 2.05) is 11.6 Å². The first kappa shape index (κ1) is 15.8. The lowest BCUT2D eigenvalue weighted by molar-refractivity contribution is 0.399. The molecule has 0 radical (unpaired) electrons. The molecule has 110 valence electrons. The van der Waals surface area contributed by atoms with Crippen molar-refractivity contribution in [3.63, 3.8) is 0 Å². The average Bonchev–Trinajstić information content (AvgIpc) is 2.62. The molecule has 0 spiro atoms. The number of anilines is 2. The normalized spacial score (nSPS) is 11.6. The topological polar surface area (TPSA) is 50.3 Å². The molecule has 0 bridgehead atoms. The van der Waals surface area contributed by atoms with Crippen LogP contribution in [-0.4, -0.2) is 48.4 Å². The van der Waals surface area contributed by atoms with Crippen molar-refractivity contribution in [2.45, 2.75) is 40.2 Å². The maximum absolute atomic E-state index is 6.21. The van der Waals surface area contributed by atoms with Crippen LogP contribution in [0.15, 0.2) is 0 Å². The van der Waals surface area contributed by atoms with Crippen molar-refractivity contribution in [2.24, 2.45) is 0 Å². The van der Waals surface area contributed by atoms with E-state index in [2.05, 4.69) is 49.8 Å². The Kier molecular flexibility index (Phi) is 5.66. The van der Waals surface area contributed by atoms with E-state index in [1.165, 1.54) is 0 Å². The van der Waals surface area contributed by atoms with Crippen LogP contribution in [0.4, 0.5) is 11.5 Å². The summed E-state index contributed by atoms with van der Waals surface area (Å²) in [5.41, 5.74) is 7.96. The van der Waals surface area contributed by atoms with Crippen molar-refractivity contribution in [1.82, 2.24) is 14.7 Å². The highest BCUT2D eigenvalue weighted by atomic mass is 15.4. The van der Waals surface area contributed by atoms with E-state index in [1.54, 1.807) is 0 Å². The van der Waals surface area contributed by atoms with Gasteiger partial charge in [0.2, 0.25) is 0 Å². The monoisotopic (exact) mass is 267 g/mol. The zero-order valence-electron chi connectivity index (χ0n) is 13.3. The Labute approximate surface area is 117 Å². The van der Waals surface area contributed by atoms with Crippen LogP contribution in [0.5, 0.6) is 0 Å². The zero-order chi connectivity index (χ0) is 14.6. The van der Waals surface area contributed by atoms with Crippen LogP contribution >= 0.6 is 0 Å². The molecule has 19 heavy (non-hydrogen) atoms. The Bertz CT molecular complexity index is 395. The third kappa shape index (κ3) is 3.86. The molecule has 0 aliphatic carbocycles. The second-order valence-electron chi connectivity index (χ2n) is 5.60. The number of hydrogen-bond acceptors (Lipinski definition) is 4. The first-order valence-corrected chi connectivity index (χ1v) is 7.12. The molecule has 5 nitrogen and oxygen atoms in total. The van der Waals surface area contributed by atoms with Crippen molar-refractivity contribution < 1.29 is 0 Å². The second-order valence-corrected chi connectivity index (χ2v) is 5.60. The molecule has 0 aromatic carbocycles. The number of rotatable bonds is 7. The molecule has 1 heterocycles. The highest BCUT2D eigenvalue weighted by Gasteiger charge is 2.19. The molecule has 0 saturated carbocycles. The van der Waals surface area contributed by atoms with E-state index in [0.717, 1.165) is 43.3 Å². The van der Waals surface area contributed by atoms with E-state index >= 15 is 0 Å². The van der Waals surface area contributed by atoms with Crippen molar-refractivity contribution in [3.05, 3.63) is 5.69 Å².